The second-order valence-electron chi connectivity index (χ2n) is 6.00. The number of hydrogen-bond acceptors (Lipinski definition) is 6. The maximum atomic E-state index is 13.0. The third-order valence-corrected chi connectivity index (χ3v) is 7.92. The molecule has 0 aromatic heterocycles. The number of benzene rings is 2. The minimum atomic E-state index is -4.26. The second-order valence-corrected chi connectivity index (χ2v) is 10.4. The molecule has 1 aliphatic heterocycles. The fraction of sp³-hybridized carbons (Fsp3) is 0.235. The van der Waals surface area contributed by atoms with Crippen LogP contribution in [0.3, 0.4) is 0 Å². The van der Waals surface area contributed by atoms with Crippen LogP contribution in [0.5, 0.6) is 5.75 Å². The van der Waals surface area contributed by atoms with Gasteiger partial charge < -0.3 is 4.74 Å². The van der Waals surface area contributed by atoms with Crippen molar-refractivity contribution in [3.05, 3.63) is 46.4 Å². The van der Waals surface area contributed by atoms with Gasteiger partial charge in [-0.15, -0.1) is 0 Å². The molecular weight excluding hydrogens is 463 g/mol. The van der Waals surface area contributed by atoms with Crippen molar-refractivity contribution >= 4 is 60.5 Å². The van der Waals surface area contributed by atoms with Crippen LogP contribution >= 0.6 is 23.2 Å². The molecule has 8 nitrogen and oxygen atoms in total. The molecule has 29 heavy (non-hydrogen) atoms. The van der Waals surface area contributed by atoms with Gasteiger partial charge >= 0.3 is 0 Å². The maximum absolute atomic E-state index is 13.0. The summed E-state index contributed by atoms with van der Waals surface area (Å²) in [4.78, 5) is 11.7. The van der Waals surface area contributed by atoms with Crippen LogP contribution < -0.4 is 13.8 Å². The summed E-state index contributed by atoms with van der Waals surface area (Å²) in [5.74, 6) is -0.980. The van der Waals surface area contributed by atoms with E-state index < -0.39 is 26.0 Å². The predicted octanol–water partition coefficient (Wildman–Crippen LogP) is 3.26. The highest BCUT2D eigenvalue weighted by atomic mass is 35.5. The molecular formula is C17H16Cl2N2O6S2. The van der Waals surface area contributed by atoms with Crippen molar-refractivity contribution in [1.29, 1.82) is 0 Å². The van der Waals surface area contributed by atoms with Crippen LogP contribution in [-0.4, -0.2) is 35.1 Å². The number of nitrogens with zero attached hydrogens (tertiary/aromatic N) is 1. The van der Waals surface area contributed by atoms with E-state index in [9.17, 15) is 21.6 Å². The van der Waals surface area contributed by atoms with Crippen molar-refractivity contribution in [3.63, 3.8) is 0 Å². The molecule has 0 radical (unpaired) electrons. The van der Waals surface area contributed by atoms with Crippen molar-refractivity contribution in [2.45, 2.75) is 18.2 Å². The number of carbonyl (C=O) groups is 1. The van der Waals surface area contributed by atoms with Gasteiger partial charge in [0.05, 0.1) is 33.8 Å². The lowest BCUT2D eigenvalue weighted by Crippen LogP contribution is -2.29. The van der Waals surface area contributed by atoms with E-state index in [2.05, 4.69) is 4.72 Å². The lowest BCUT2D eigenvalue weighted by Gasteiger charge is -2.19. The van der Waals surface area contributed by atoms with E-state index in [1.54, 1.807) is 6.92 Å². The van der Waals surface area contributed by atoms with Crippen molar-refractivity contribution in [2.24, 2.45) is 0 Å². The second kappa shape index (κ2) is 8.02. The third-order valence-electron chi connectivity index (χ3n) is 4.03. The lowest BCUT2D eigenvalue weighted by molar-refractivity contribution is -0.116. The first kappa shape index (κ1) is 21.7. The van der Waals surface area contributed by atoms with Gasteiger partial charge in [0.2, 0.25) is 15.9 Å². The van der Waals surface area contributed by atoms with Crippen LogP contribution in [-0.2, 0) is 24.8 Å². The summed E-state index contributed by atoms with van der Waals surface area (Å²) in [6, 6.07) is 8.13. The monoisotopic (exact) mass is 478 g/mol. The van der Waals surface area contributed by atoms with Crippen LogP contribution in [0.25, 0.3) is 0 Å². The van der Waals surface area contributed by atoms with Crippen molar-refractivity contribution in [1.82, 2.24) is 0 Å². The normalized spacial score (nSPS) is 16.1. The molecule has 0 unspecified atom stereocenters. The standard InChI is InChI=1S/C17H16Cl2N2O6S2/c1-2-27-14-7-6-11(21-16(22)8-9-28(21,23)24)10-15(14)29(25,26)20-13-5-3-4-12(18)17(13)19/h3-7,10,20H,2,8-9H2,1H3. The van der Waals surface area contributed by atoms with E-state index in [1.807, 2.05) is 0 Å². The Balaban J connectivity index is 2.11. The first-order chi connectivity index (χ1) is 13.6. The SMILES string of the molecule is CCOc1ccc(N2C(=O)CCS2(=O)=O)cc1S(=O)(=O)Nc1cccc(Cl)c1Cl. The molecule has 1 heterocycles. The number of rotatable bonds is 6. The Labute approximate surface area is 178 Å². The van der Waals surface area contributed by atoms with Gasteiger partial charge in [-0.2, -0.15) is 0 Å². The molecule has 0 bridgehead atoms. The van der Waals surface area contributed by atoms with Crippen molar-refractivity contribution in [3.8, 4) is 5.75 Å². The average Bonchev–Trinajstić information content (AvgIpc) is 2.92. The lowest BCUT2D eigenvalue weighted by atomic mass is 10.3. The summed E-state index contributed by atoms with van der Waals surface area (Å²) in [6.07, 6.45) is -0.173. The van der Waals surface area contributed by atoms with Crippen LogP contribution in [0.4, 0.5) is 11.4 Å². The molecule has 2 aromatic carbocycles. The number of carbonyl (C=O) groups excluding carboxylic acids is 1. The Morgan fingerprint density at radius 2 is 1.93 bits per heavy atom. The molecule has 1 amide bonds. The smallest absolute Gasteiger partial charge is 0.265 e. The highest BCUT2D eigenvalue weighted by Crippen LogP contribution is 2.36. The van der Waals surface area contributed by atoms with Gasteiger partial charge in [-0.05, 0) is 37.3 Å². The van der Waals surface area contributed by atoms with E-state index >= 15 is 0 Å². The first-order valence-electron chi connectivity index (χ1n) is 8.36. The number of halogens is 2. The van der Waals surface area contributed by atoms with Gasteiger partial charge in [0.25, 0.3) is 10.0 Å². The summed E-state index contributed by atoms with van der Waals surface area (Å²) in [5, 5.41) is 0.156. The highest BCUT2D eigenvalue weighted by molar-refractivity contribution is 7.94. The summed E-state index contributed by atoms with van der Waals surface area (Å²) < 4.78 is 58.7. The minimum Gasteiger partial charge on any atom is -0.492 e. The fourth-order valence-corrected chi connectivity index (χ4v) is 5.85. The molecule has 1 N–H and O–H groups in total. The topological polar surface area (TPSA) is 110 Å². The fourth-order valence-electron chi connectivity index (χ4n) is 2.76. The van der Waals surface area contributed by atoms with Crippen LogP contribution in [0.2, 0.25) is 10.0 Å². The molecule has 0 spiro atoms. The van der Waals surface area contributed by atoms with Crippen LogP contribution in [0.15, 0.2) is 41.3 Å². The number of nitrogens with one attached hydrogen (secondary N) is 1. The molecule has 1 saturated heterocycles. The molecule has 3 rings (SSSR count). The van der Waals surface area contributed by atoms with Gasteiger partial charge in [-0.25, -0.2) is 21.1 Å². The number of sulfonamides is 2. The van der Waals surface area contributed by atoms with E-state index in [4.69, 9.17) is 27.9 Å². The van der Waals surface area contributed by atoms with Gasteiger partial charge in [-0.1, -0.05) is 29.3 Å². The first-order valence-corrected chi connectivity index (χ1v) is 12.2. The van der Waals surface area contributed by atoms with E-state index in [0.717, 1.165) is 6.07 Å². The van der Waals surface area contributed by atoms with E-state index in [1.165, 1.54) is 30.3 Å². The molecule has 12 heteroatoms. The maximum Gasteiger partial charge on any atom is 0.265 e. The average molecular weight is 479 g/mol. The molecule has 0 aliphatic carbocycles. The summed E-state index contributed by atoms with van der Waals surface area (Å²) in [7, 11) is -8.12. The summed E-state index contributed by atoms with van der Waals surface area (Å²) in [5.41, 5.74) is -0.0505. The predicted molar refractivity (Wildman–Crippen MR) is 111 cm³/mol. The largest absolute Gasteiger partial charge is 0.492 e. The number of hydrogen-bond donors (Lipinski definition) is 1. The molecule has 0 atom stereocenters. The Morgan fingerprint density at radius 1 is 1.21 bits per heavy atom. The molecule has 2 aromatic rings. The Hall–Kier alpha value is -2.01. The van der Waals surface area contributed by atoms with Crippen LogP contribution in [0.1, 0.15) is 13.3 Å². The molecule has 0 saturated carbocycles. The van der Waals surface area contributed by atoms with Gasteiger partial charge in [0.15, 0.2) is 0 Å². The molecule has 1 aliphatic rings. The molecule has 156 valence electrons. The van der Waals surface area contributed by atoms with Gasteiger partial charge in [0.1, 0.15) is 10.6 Å². The van der Waals surface area contributed by atoms with Gasteiger partial charge in [-0.3, -0.25) is 9.52 Å². The Morgan fingerprint density at radius 3 is 2.55 bits per heavy atom. The van der Waals surface area contributed by atoms with E-state index in [0.29, 0.717) is 4.31 Å². The van der Waals surface area contributed by atoms with Crippen molar-refractivity contribution < 1.29 is 26.4 Å². The number of anilines is 2. The number of ether oxygens (including phenoxy) is 1. The zero-order chi connectivity index (χ0) is 21.4. The Kier molecular flexibility index (Phi) is 6.00. The van der Waals surface area contributed by atoms with Crippen molar-refractivity contribution in [2.75, 3.05) is 21.4 Å². The van der Waals surface area contributed by atoms with Gasteiger partial charge in [0, 0.05) is 6.42 Å². The van der Waals surface area contributed by atoms with Crippen LogP contribution in [0, 0.1) is 0 Å². The zero-order valence-electron chi connectivity index (χ0n) is 15.1. The molecule has 1 fully saturated rings. The summed E-state index contributed by atoms with van der Waals surface area (Å²) in [6.45, 7) is 1.83. The highest BCUT2D eigenvalue weighted by Gasteiger charge is 2.37. The third kappa shape index (κ3) is 4.30. The quantitative estimate of drug-likeness (QED) is 0.681. The zero-order valence-corrected chi connectivity index (χ0v) is 18.2. The Bertz CT molecular complexity index is 1180. The summed E-state index contributed by atoms with van der Waals surface area (Å²) >= 11 is 12.0. The van der Waals surface area contributed by atoms with E-state index in [-0.39, 0.29) is 50.8 Å². The minimum absolute atomic E-state index is 0.00385. The number of amides is 1.